The molecule has 1 aromatic carbocycles. The first-order valence-corrected chi connectivity index (χ1v) is 8.55. The number of benzene rings is 1. The summed E-state index contributed by atoms with van der Waals surface area (Å²) >= 11 is 0. The summed E-state index contributed by atoms with van der Waals surface area (Å²) in [6.07, 6.45) is 1.56. The average molecular weight is 296 g/mol. The van der Waals surface area contributed by atoms with Crippen LogP contribution in [0.15, 0.2) is 18.2 Å². The zero-order valence-corrected chi connectivity index (χ0v) is 12.1. The van der Waals surface area contributed by atoms with Crippen LogP contribution in [0.4, 0.5) is 0 Å². The molecule has 2 aliphatic rings. The molecule has 0 spiro atoms. The Morgan fingerprint density at radius 3 is 2.50 bits per heavy atom. The van der Waals surface area contributed by atoms with Crippen molar-refractivity contribution in [1.29, 1.82) is 0 Å². The zero-order valence-electron chi connectivity index (χ0n) is 11.3. The molecule has 0 aliphatic carbocycles. The van der Waals surface area contributed by atoms with E-state index in [1.807, 2.05) is 18.2 Å². The minimum atomic E-state index is -4.08. The van der Waals surface area contributed by atoms with Gasteiger partial charge in [0.15, 0.2) is 0 Å². The minimum absolute atomic E-state index is 0.0151. The molecule has 110 valence electrons. The van der Waals surface area contributed by atoms with Gasteiger partial charge in [0.25, 0.3) is 10.1 Å². The maximum Gasteiger partial charge on any atom is 0.272 e. The van der Waals surface area contributed by atoms with Crippen LogP contribution in [0.2, 0.25) is 0 Å². The second kappa shape index (κ2) is 5.44. The number of rotatable bonds is 3. The highest BCUT2D eigenvalue weighted by molar-refractivity contribution is 7.86. The fraction of sp³-hybridized carbons (Fsp3) is 0.571. The molecule has 1 aromatic rings. The third kappa shape index (κ3) is 2.74. The molecule has 5 nitrogen and oxygen atoms in total. The van der Waals surface area contributed by atoms with E-state index in [4.69, 9.17) is 0 Å². The topological polar surface area (TPSA) is 78.4 Å². The van der Waals surface area contributed by atoms with Gasteiger partial charge in [-0.15, -0.1) is 0 Å². The summed E-state index contributed by atoms with van der Waals surface area (Å²) in [5, 5.41) is 5.68. The lowest BCUT2D eigenvalue weighted by atomic mass is 9.89. The van der Waals surface area contributed by atoms with Crippen LogP contribution in [-0.4, -0.2) is 26.1 Å². The molecule has 3 rings (SSSR count). The molecule has 1 atom stereocenters. The van der Waals surface area contributed by atoms with Crippen molar-refractivity contribution >= 4 is 10.1 Å². The lowest BCUT2D eigenvalue weighted by molar-refractivity contribution is 0.342. The average Bonchev–Trinajstić information content (AvgIpc) is 2.86. The van der Waals surface area contributed by atoms with Crippen LogP contribution >= 0.6 is 0 Å². The quantitative estimate of drug-likeness (QED) is 0.731. The Morgan fingerprint density at radius 1 is 1.10 bits per heavy atom. The van der Waals surface area contributed by atoms with Crippen molar-refractivity contribution in [2.24, 2.45) is 5.92 Å². The van der Waals surface area contributed by atoms with E-state index in [1.165, 1.54) is 5.56 Å². The van der Waals surface area contributed by atoms with Crippen molar-refractivity contribution in [3.05, 3.63) is 34.9 Å². The van der Waals surface area contributed by atoms with Gasteiger partial charge in [-0.25, -0.2) is 0 Å². The highest BCUT2D eigenvalue weighted by Crippen LogP contribution is 2.36. The summed E-state index contributed by atoms with van der Waals surface area (Å²) in [5.74, 6) is -0.0151. The normalized spacial score (nSPS) is 21.6. The van der Waals surface area contributed by atoms with Gasteiger partial charge in [-0.05, 0) is 48.5 Å². The maximum atomic E-state index is 11.9. The van der Waals surface area contributed by atoms with Crippen LogP contribution in [0.25, 0.3) is 0 Å². The molecule has 6 heteroatoms. The van der Waals surface area contributed by atoms with Gasteiger partial charge in [0.1, 0.15) is 5.25 Å². The van der Waals surface area contributed by atoms with Gasteiger partial charge in [-0.3, -0.25) is 4.55 Å². The third-order valence-corrected chi connectivity index (χ3v) is 5.62. The molecule has 3 N–H and O–H groups in total. The van der Waals surface area contributed by atoms with Crippen LogP contribution in [0.5, 0.6) is 0 Å². The van der Waals surface area contributed by atoms with Crippen molar-refractivity contribution < 1.29 is 13.0 Å². The first-order chi connectivity index (χ1) is 9.55. The van der Waals surface area contributed by atoms with Gasteiger partial charge in [0.2, 0.25) is 0 Å². The molecular weight excluding hydrogens is 276 g/mol. The van der Waals surface area contributed by atoms with Crippen LogP contribution in [-0.2, 0) is 23.2 Å². The predicted molar refractivity (Wildman–Crippen MR) is 76.9 cm³/mol. The van der Waals surface area contributed by atoms with E-state index in [9.17, 15) is 13.0 Å². The first kappa shape index (κ1) is 14.0. The third-order valence-electron chi connectivity index (χ3n) is 4.32. The van der Waals surface area contributed by atoms with Crippen molar-refractivity contribution in [1.82, 2.24) is 10.6 Å². The SMILES string of the molecule is O=S(=O)(O)C(c1ccc2c(c1)CNC2)C1CCNCC1. The monoisotopic (exact) mass is 296 g/mol. The molecule has 2 heterocycles. The highest BCUT2D eigenvalue weighted by Gasteiger charge is 2.34. The number of piperidine rings is 1. The molecule has 20 heavy (non-hydrogen) atoms. The molecule has 0 saturated carbocycles. The molecule has 2 aliphatic heterocycles. The van der Waals surface area contributed by atoms with Gasteiger partial charge in [-0.1, -0.05) is 18.2 Å². The van der Waals surface area contributed by atoms with Crippen LogP contribution in [0.1, 0.15) is 34.8 Å². The van der Waals surface area contributed by atoms with E-state index in [0.717, 1.165) is 50.1 Å². The zero-order chi connectivity index (χ0) is 14.2. The predicted octanol–water partition coefficient (Wildman–Crippen LogP) is 1.22. The Morgan fingerprint density at radius 2 is 1.80 bits per heavy atom. The van der Waals surface area contributed by atoms with Crippen LogP contribution < -0.4 is 10.6 Å². The molecule has 1 unspecified atom stereocenters. The lowest BCUT2D eigenvalue weighted by Crippen LogP contribution is -2.33. The number of hydrogen-bond acceptors (Lipinski definition) is 4. The standard InChI is InChI=1S/C14H20N2O3S/c17-20(18,19)14(10-3-5-15-6-4-10)11-1-2-12-8-16-9-13(12)7-11/h1-2,7,10,14-16H,3-6,8-9H2,(H,17,18,19). The van der Waals surface area contributed by atoms with E-state index in [1.54, 1.807) is 0 Å². The van der Waals surface area contributed by atoms with E-state index in [0.29, 0.717) is 0 Å². The summed E-state index contributed by atoms with van der Waals surface area (Å²) in [6, 6.07) is 5.77. The molecule has 1 saturated heterocycles. The van der Waals surface area contributed by atoms with Gasteiger partial charge < -0.3 is 10.6 Å². The van der Waals surface area contributed by atoms with Crippen LogP contribution in [0.3, 0.4) is 0 Å². The number of fused-ring (bicyclic) bond motifs is 1. The molecule has 1 fully saturated rings. The molecule has 0 amide bonds. The molecule has 0 aromatic heterocycles. The van der Waals surface area contributed by atoms with Crippen molar-refractivity contribution in [2.75, 3.05) is 13.1 Å². The second-order valence-corrected chi connectivity index (χ2v) is 7.19. The molecule has 0 bridgehead atoms. The first-order valence-electron chi connectivity index (χ1n) is 7.05. The Bertz CT molecular complexity index is 594. The fourth-order valence-electron chi connectivity index (χ4n) is 3.33. The maximum absolute atomic E-state index is 11.9. The van der Waals surface area contributed by atoms with E-state index in [-0.39, 0.29) is 5.92 Å². The number of nitrogens with one attached hydrogen (secondary N) is 2. The molecular formula is C14H20N2O3S. The van der Waals surface area contributed by atoms with E-state index >= 15 is 0 Å². The Labute approximate surface area is 119 Å². The van der Waals surface area contributed by atoms with Gasteiger partial charge >= 0.3 is 0 Å². The van der Waals surface area contributed by atoms with Crippen LogP contribution in [0, 0.1) is 5.92 Å². The largest absolute Gasteiger partial charge is 0.317 e. The minimum Gasteiger partial charge on any atom is -0.317 e. The summed E-state index contributed by atoms with van der Waals surface area (Å²) in [5.41, 5.74) is 3.08. The summed E-state index contributed by atoms with van der Waals surface area (Å²) < 4.78 is 33.4. The van der Waals surface area contributed by atoms with Gasteiger partial charge in [0, 0.05) is 13.1 Å². The number of hydrogen-bond donors (Lipinski definition) is 3. The fourth-order valence-corrected chi connectivity index (χ4v) is 4.58. The second-order valence-electron chi connectivity index (χ2n) is 5.65. The molecule has 0 radical (unpaired) electrons. The van der Waals surface area contributed by atoms with Gasteiger partial charge in [0.05, 0.1) is 0 Å². The van der Waals surface area contributed by atoms with E-state index in [2.05, 4.69) is 10.6 Å². The van der Waals surface area contributed by atoms with Crippen molar-refractivity contribution in [3.8, 4) is 0 Å². The van der Waals surface area contributed by atoms with Crippen molar-refractivity contribution in [3.63, 3.8) is 0 Å². The highest BCUT2D eigenvalue weighted by atomic mass is 32.2. The van der Waals surface area contributed by atoms with Gasteiger partial charge in [-0.2, -0.15) is 8.42 Å². The summed E-state index contributed by atoms with van der Waals surface area (Å²) in [4.78, 5) is 0. The van der Waals surface area contributed by atoms with E-state index < -0.39 is 15.4 Å². The Balaban J connectivity index is 1.96. The Kier molecular flexibility index (Phi) is 3.81. The Hall–Kier alpha value is -0.950. The van der Waals surface area contributed by atoms with Crippen molar-refractivity contribution in [2.45, 2.75) is 31.2 Å². The lowest BCUT2D eigenvalue weighted by Gasteiger charge is -2.29. The summed E-state index contributed by atoms with van der Waals surface area (Å²) in [6.45, 7) is 3.22. The smallest absolute Gasteiger partial charge is 0.272 e. The summed E-state index contributed by atoms with van der Waals surface area (Å²) in [7, 11) is -4.08.